The minimum Gasteiger partial charge on any atom is -0.461 e. The maximum Gasteiger partial charge on any atom is 0.360 e. The number of nitrogens with one attached hydrogen (secondary N) is 1. The van der Waals surface area contributed by atoms with Crippen molar-refractivity contribution in [3.05, 3.63) is 65.7 Å². The molecule has 7 heteroatoms. The molecule has 0 aliphatic heterocycles. The molecule has 0 atom stereocenters. The van der Waals surface area contributed by atoms with E-state index in [0.717, 1.165) is 0 Å². The number of carbonyl (C=O) groups is 2. The molecule has 3 rings (SSSR count). The maximum absolute atomic E-state index is 13.0. The molecule has 2 heterocycles. The van der Waals surface area contributed by atoms with Crippen molar-refractivity contribution in [2.45, 2.75) is 6.92 Å². The lowest BCUT2D eigenvalue weighted by Gasteiger charge is -2.07. The van der Waals surface area contributed by atoms with Crippen molar-refractivity contribution in [1.82, 2.24) is 9.38 Å². The summed E-state index contributed by atoms with van der Waals surface area (Å²) in [5, 5.41) is 2.65. The van der Waals surface area contributed by atoms with Gasteiger partial charge in [0, 0.05) is 11.8 Å². The summed E-state index contributed by atoms with van der Waals surface area (Å²) < 4.78 is 19.5. The molecule has 1 amide bonds. The quantitative estimate of drug-likeness (QED) is 0.748. The number of hydrogen-bond donors (Lipinski definition) is 1. The van der Waals surface area contributed by atoms with Crippen LogP contribution in [0.5, 0.6) is 0 Å². The molecular formula is C17H14FN3O3. The van der Waals surface area contributed by atoms with Crippen LogP contribution in [-0.2, 0) is 4.74 Å². The van der Waals surface area contributed by atoms with Crippen LogP contribution in [0.3, 0.4) is 0 Å². The second-order valence-electron chi connectivity index (χ2n) is 4.92. The second-order valence-corrected chi connectivity index (χ2v) is 4.92. The molecule has 1 N–H and O–H groups in total. The van der Waals surface area contributed by atoms with Gasteiger partial charge in [-0.3, -0.25) is 9.20 Å². The molecular weight excluding hydrogens is 313 g/mol. The van der Waals surface area contributed by atoms with Crippen LogP contribution in [0.4, 0.5) is 10.2 Å². The summed E-state index contributed by atoms with van der Waals surface area (Å²) in [6.45, 7) is 1.88. The van der Waals surface area contributed by atoms with Crippen molar-refractivity contribution in [1.29, 1.82) is 0 Å². The Morgan fingerprint density at radius 1 is 1.21 bits per heavy atom. The van der Waals surface area contributed by atoms with Gasteiger partial charge in [0.25, 0.3) is 5.91 Å². The van der Waals surface area contributed by atoms with Crippen molar-refractivity contribution in [2.75, 3.05) is 11.9 Å². The molecule has 24 heavy (non-hydrogen) atoms. The summed E-state index contributed by atoms with van der Waals surface area (Å²) in [7, 11) is 0. The first-order valence-electron chi connectivity index (χ1n) is 7.31. The number of benzene rings is 1. The van der Waals surface area contributed by atoms with Crippen LogP contribution in [0.2, 0.25) is 0 Å². The highest BCUT2D eigenvalue weighted by Crippen LogP contribution is 2.20. The van der Waals surface area contributed by atoms with Crippen LogP contribution < -0.4 is 5.32 Å². The topological polar surface area (TPSA) is 72.7 Å². The number of fused-ring (bicyclic) bond motifs is 1. The number of aromatic nitrogens is 2. The van der Waals surface area contributed by atoms with Gasteiger partial charge >= 0.3 is 5.97 Å². The van der Waals surface area contributed by atoms with Crippen molar-refractivity contribution >= 4 is 23.3 Å². The lowest BCUT2D eigenvalue weighted by atomic mass is 10.2. The van der Waals surface area contributed by atoms with Gasteiger partial charge < -0.3 is 10.1 Å². The first-order valence-corrected chi connectivity index (χ1v) is 7.31. The van der Waals surface area contributed by atoms with E-state index in [2.05, 4.69) is 10.3 Å². The van der Waals surface area contributed by atoms with Gasteiger partial charge in [-0.2, -0.15) is 0 Å². The number of nitrogens with zero attached hydrogens (tertiary/aromatic N) is 2. The zero-order chi connectivity index (χ0) is 17.1. The van der Waals surface area contributed by atoms with E-state index in [1.165, 1.54) is 24.3 Å². The normalized spacial score (nSPS) is 10.6. The third-order valence-electron chi connectivity index (χ3n) is 3.34. The first kappa shape index (κ1) is 15.7. The Bertz CT molecular complexity index is 903. The third kappa shape index (κ3) is 2.96. The van der Waals surface area contributed by atoms with Crippen LogP contribution in [0, 0.1) is 5.82 Å². The Labute approximate surface area is 136 Å². The van der Waals surface area contributed by atoms with E-state index in [9.17, 15) is 14.0 Å². The first-order chi connectivity index (χ1) is 11.6. The lowest BCUT2D eigenvalue weighted by molar-refractivity contribution is 0.0521. The number of carbonyl (C=O) groups excluding carboxylic acids is 2. The van der Waals surface area contributed by atoms with Crippen molar-refractivity contribution in [3.8, 4) is 0 Å². The lowest BCUT2D eigenvalue weighted by Crippen LogP contribution is -2.17. The number of ether oxygens (including phenoxy) is 1. The largest absolute Gasteiger partial charge is 0.461 e. The molecule has 0 saturated carbocycles. The average Bonchev–Trinajstić information content (AvgIpc) is 2.94. The number of hydrogen-bond acceptors (Lipinski definition) is 4. The monoisotopic (exact) mass is 327 g/mol. The van der Waals surface area contributed by atoms with E-state index in [1.54, 1.807) is 35.7 Å². The van der Waals surface area contributed by atoms with Gasteiger partial charge in [0.2, 0.25) is 0 Å². The van der Waals surface area contributed by atoms with Gasteiger partial charge in [-0.25, -0.2) is 14.2 Å². The number of esters is 1. The van der Waals surface area contributed by atoms with Gasteiger partial charge in [-0.1, -0.05) is 6.07 Å². The zero-order valence-electron chi connectivity index (χ0n) is 12.8. The molecule has 0 spiro atoms. The molecule has 0 aliphatic carbocycles. The highest BCUT2D eigenvalue weighted by molar-refractivity contribution is 6.07. The predicted molar refractivity (Wildman–Crippen MR) is 85.5 cm³/mol. The van der Waals surface area contributed by atoms with E-state index in [-0.39, 0.29) is 23.7 Å². The fraction of sp³-hybridized carbons (Fsp3) is 0.118. The molecule has 0 unspecified atom stereocenters. The Morgan fingerprint density at radius 2 is 1.96 bits per heavy atom. The van der Waals surface area contributed by atoms with Crippen LogP contribution >= 0.6 is 0 Å². The molecule has 6 nitrogen and oxygen atoms in total. The molecule has 0 saturated heterocycles. The zero-order valence-corrected chi connectivity index (χ0v) is 12.8. The molecule has 3 aromatic rings. The van der Waals surface area contributed by atoms with Crippen LogP contribution in [0.15, 0.2) is 48.7 Å². The van der Waals surface area contributed by atoms with Crippen molar-refractivity contribution in [3.63, 3.8) is 0 Å². The number of rotatable bonds is 4. The molecule has 0 bridgehead atoms. The van der Waals surface area contributed by atoms with Gasteiger partial charge in [0.1, 0.15) is 11.5 Å². The van der Waals surface area contributed by atoms with E-state index >= 15 is 0 Å². The average molecular weight is 327 g/mol. The number of imidazole rings is 1. The summed E-state index contributed by atoms with van der Waals surface area (Å²) in [5.74, 6) is -1.34. The van der Waals surface area contributed by atoms with Crippen molar-refractivity contribution in [2.24, 2.45) is 0 Å². The molecule has 1 aromatic carbocycles. The summed E-state index contributed by atoms with van der Waals surface area (Å²) in [4.78, 5) is 28.7. The number of anilines is 1. The minimum absolute atomic E-state index is 0.0125. The summed E-state index contributed by atoms with van der Waals surface area (Å²) in [5.41, 5.74) is 0.769. The van der Waals surface area contributed by atoms with Gasteiger partial charge in [0.05, 0.1) is 6.61 Å². The van der Waals surface area contributed by atoms with E-state index < -0.39 is 17.7 Å². The number of amides is 1. The highest BCUT2D eigenvalue weighted by atomic mass is 19.1. The number of halogens is 1. The predicted octanol–water partition coefficient (Wildman–Crippen LogP) is 2.90. The Kier molecular flexibility index (Phi) is 4.24. The van der Waals surface area contributed by atoms with Gasteiger partial charge in [0.15, 0.2) is 11.5 Å². The Morgan fingerprint density at radius 3 is 2.67 bits per heavy atom. The van der Waals surface area contributed by atoms with Gasteiger partial charge in [-0.15, -0.1) is 0 Å². The molecule has 122 valence electrons. The summed E-state index contributed by atoms with van der Waals surface area (Å²) >= 11 is 0. The second kappa shape index (κ2) is 6.49. The Balaban J connectivity index is 2.00. The number of pyridine rings is 1. The van der Waals surface area contributed by atoms with E-state index in [0.29, 0.717) is 5.65 Å². The standard InChI is InChI=1S/C17H14FN3O3/c1-2-24-17(23)14-15(21-10-4-3-5-13(21)19-14)20-16(22)11-6-8-12(18)9-7-11/h3-10H,2H2,1H3,(H,20,22). The smallest absolute Gasteiger partial charge is 0.360 e. The molecule has 2 aromatic heterocycles. The molecule has 0 aliphatic rings. The Hall–Kier alpha value is -3.22. The fourth-order valence-electron chi connectivity index (χ4n) is 2.24. The summed E-state index contributed by atoms with van der Waals surface area (Å²) in [6, 6.07) is 10.3. The van der Waals surface area contributed by atoms with E-state index in [1.807, 2.05) is 0 Å². The van der Waals surface area contributed by atoms with E-state index in [4.69, 9.17) is 4.74 Å². The maximum atomic E-state index is 13.0. The highest BCUT2D eigenvalue weighted by Gasteiger charge is 2.22. The minimum atomic E-state index is -0.629. The van der Waals surface area contributed by atoms with Gasteiger partial charge in [-0.05, 0) is 43.3 Å². The van der Waals surface area contributed by atoms with Crippen molar-refractivity contribution < 1.29 is 18.7 Å². The fourth-order valence-corrected chi connectivity index (χ4v) is 2.24. The van der Waals surface area contributed by atoms with Crippen LogP contribution in [-0.4, -0.2) is 27.9 Å². The molecule has 0 fully saturated rings. The van der Waals surface area contributed by atoms with Crippen LogP contribution in [0.1, 0.15) is 27.8 Å². The molecule has 0 radical (unpaired) electrons. The SMILES string of the molecule is CCOC(=O)c1nc2ccccn2c1NC(=O)c1ccc(F)cc1. The van der Waals surface area contributed by atoms with Crippen LogP contribution in [0.25, 0.3) is 5.65 Å². The third-order valence-corrected chi connectivity index (χ3v) is 3.34. The summed E-state index contributed by atoms with van der Waals surface area (Å²) in [6.07, 6.45) is 1.67.